The van der Waals surface area contributed by atoms with Gasteiger partial charge in [-0.1, -0.05) is 44.2 Å². The van der Waals surface area contributed by atoms with Crippen LogP contribution in [0.3, 0.4) is 0 Å². The van der Waals surface area contributed by atoms with Gasteiger partial charge in [-0.05, 0) is 54.7 Å². The lowest BCUT2D eigenvalue weighted by molar-refractivity contribution is -0.144. The number of aliphatic hydroxyl groups is 1. The Hall–Kier alpha value is -4.25. The molecule has 11 nitrogen and oxygen atoms in total. The number of nitrogens with zero attached hydrogens (tertiary/aromatic N) is 5. The molecule has 11 heteroatoms. The van der Waals surface area contributed by atoms with Crippen LogP contribution in [0.2, 0.25) is 0 Å². The molecule has 3 aromatic rings. The minimum Gasteiger partial charge on any atom is -0.457 e. The van der Waals surface area contributed by atoms with Crippen LogP contribution in [-0.2, 0) is 14.4 Å². The molecule has 2 saturated heterocycles. The van der Waals surface area contributed by atoms with E-state index in [2.05, 4.69) is 15.6 Å². The number of aliphatic hydroxyl groups excluding tert-OH is 1. The van der Waals surface area contributed by atoms with Crippen LogP contribution in [0, 0.1) is 5.41 Å². The van der Waals surface area contributed by atoms with Crippen molar-refractivity contribution in [1.82, 2.24) is 25.2 Å². The van der Waals surface area contributed by atoms with E-state index in [0.29, 0.717) is 23.9 Å². The third kappa shape index (κ3) is 6.27. The Kier molecular flexibility index (Phi) is 7.68. The van der Waals surface area contributed by atoms with Crippen LogP contribution < -0.4 is 15.0 Å². The summed E-state index contributed by atoms with van der Waals surface area (Å²) in [5.74, 6) is 1.01. The summed E-state index contributed by atoms with van der Waals surface area (Å²) in [7, 11) is 0. The van der Waals surface area contributed by atoms with Crippen LogP contribution in [0.1, 0.15) is 64.1 Å². The van der Waals surface area contributed by atoms with E-state index in [1.54, 1.807) is 21.7 Å². The molecule has 3 aliphatic rings. The first-order valence-electron chi connectivity index (χ1n) is 14.9. The van der Waals surface area contributed by atoms with Crippen molar-refractivity contribution >= 4 is 23.4 Å². The highest BCUT2D eigenvalue weighted by atomic mass is 16.5. The van der Waals surface area contributed by atoms with E-state index >= 15 is 0 Å². The zero-order valence-electron chi connectivity index (χ0n) is 24.7. The molecule has 1 aliphatic carbocycles. The van der Waals surface area contributed by atoms with Crippen molar-refractivity contribution in [2.45, 2.75) is 76.6 Å². The van der Waals surface area contributed by atoms with Gasteiger partial charge >= 0.3 is 0 Å². The maximum Gasteiger partial charge on any atom is 0.248 e. The van der Waals surface area contributed by atoms with Gasteiger partial charge in [0.15, 0.2) is 0 Å². The molecular weight excluding hydrogens is 548 g/mol. The molecule has 0 bridgehead atoms. The predicted molar refractivity (Wildman–Crippen MR) is 158 cm³/mol. The number of aromatic nitrogens is 3. The van der Waals surface area contributed by atoms with Crippen LogP contribution in [0.25, 0.3) is 0 Å². The Labute approximate surface area is 250 Å². The van der Waals surface area contributed by atoms with E-state index in [1.165, 1.54) is 4.90 Å². The van der Waals surface area contributed by atoms with E-state index in [9.17, 15) is 19.5 Å². The Morgan fingerprint density at radius 3 is 2.40 bits per heavy atom. The Bertz CT molecular complexity index is 1480. The third-order valence-electron chi connectivity index (χ3n) is 8.31. The average molecular weight is 587 g/mol. The number of amides is 3. The van der Waals surface area contributed by atoms with Crippen molar-refractivity contribution in [3.05, 3.63) is 66.5 Å². The molecule has 3 fully saturated rings. The fourth-order valence-electron chi connectivity index (χ4n) is 6.00. The smallest absolute Gasteiger partial charge is 0.248 e. The van der Waals surface area contributed by atoms with Gasteiger partial charge < -0.3 is 25.0 Å². The van der Waals surface area contributed by atoms with Crippen molar-refractivity contribution in [2.75, 3.05) is 18.0 Å². The highest BCUT2D eigenvalue weighted by Crippen LogP contribution is 2.40. The fraction of sp³-hybridized carbons (Fsp3) is 0.469. The molecule has 1 aromatic heterocycles. The highest BCUT2D eigenvalue weighted by Gasteiger charge is 2.46. The number of likely N-dealkylation sites (tertiary alicyclic amines) is 1. The first kappa shape index (κ1) is 28.9. The standard InChI is InChI=1S/C32H38N6O5/c1-32(2,3)29(38-19-26(34-35-38)20-9-10-20)31(42)37-18-23(39)16-27(37)30(41)33-21-15-28(40)36(17-21)22-11-13-25(14-12-22)43-24-7-5-4-6-8-24/h4-8,11-14,19-21,23,27,29,39H,9-10,15-18H2,1-3H3,(H,33,41)/t21?,23-,27+,29-/m1/s1. The largest absolute Gasteiger partial charge is 0.457 e. The van der Waals surface area contributed by atoms with Crippen molar-refractivity contribution in [2.24, 2.45) is 5.41 Å². The van der Waals surface area contributed by atoms with E-state index in [1.807, 2.05) is 69.4 Å². The highest BCUT2D eigenvalue weighted by molar-refractivity contribution is 5.97. The predicted octanol–water partition coefficient (Wildman–Crippen LogP) is 3.42. The van der Waals surface area contributed by atoms with Crippen LogP contribution in [0.15, 0.2) is 60.8 Å². The van der Waals surface area contributed by atoms with Gasteiger partial charge in [0.05, 0.1) is 17.8 Å². The molecule has 2 aromatic carbocycles. The van der Waals surface area contributed by atoms with Gasteiger partial charge in [-0.2, -0.15) is 0 Å². The molecule has 1 unspecified atom stereocenters. The first-order chi connectivity index (χ1) is 20.6. The van der Waals surface area contributed by atoms with Gasteiger partial charge in [0.2, 0.25) is 17.7 Å². The normalized spacial score (nSPS) is 23.0. The monoisotopic (exact) mass is 586 g/mol. The van der Waals surface area contributed by atoms with E-state index < -0.39 is 29.6 Å². The lowest BCUT2D eigenvalue weighted by Gasteiger charge is -2.34. The zero-order valence-corrected chi connectivity index (χ0v) is 24.7. The van der Waals surface area contributed by atoms with E-state index in [4.69, 9.17) is 4.74 Å². The van der Waals surface area contributed by atoms with Crippen molar-refractivity contribution < 1.29 is 24.2 Å². The molecule has 3 amide bonds. The second-order valence-electron chi connectivity index (χ2n) is 12.9. The summed E-state index contributed by atoms with van der Waals surface area (Å²) in [5.41, 5.74) is 1.08. The van der Waals surface area contributed by atoms with Gasteiger partial charge in [0.1, 0.15) is 23.6 Å². The van der Waals surface area contributed by atoms with Crippen molar-refractivity contribution in [1.29, 1.82) is 0 Å². The number of β-amino-alcohol motifs (C(OH)–C–C–N with tert-alkyl or cyclic N) is 1. The Balaban J connectivity index is 1.11. The number of ether oxygens (including phenoxy) is 1. The first-order valence-corrected chi connectivity index (χ1v) is 14.9. The molecule has 3 heterocycles. The van der Waals surface area contributed by atoms with Crippen molar-refractivity contribution in [3.8, 4) is 11.5 Å². The van der Waals surface area contributed by atoms with Gasteiger partial charge in [-0.25, -0.2) is 4.68 Å². The maximum atomic E-state index is 14.0. The molecule has 0 radical (unpaired) electrons. The lowest BCUT2D eigenvalue weighted by Crippen LogP contribution is -2.52. The van der Waals surface area contributed by atoms with Crippen LogP contribution in [0.5, 0.6) is 11.5 Å². The number of para-hydroxylation sites is 1. The van der Waals surface area contributed by atoms with Crippen LogP contribution in [0.4, 0.5) is 5.69 Å². The minimum atomic E-state index is -0.850. The molecule has 2 N–H and O–H groups in total. The van der Waals surface area contributed by atoms with Crippen molar-refractivity contribution in [3.63, 3.8) is 0 Å². The maximum absolute atomic E-state index is 14.0. The number of carbonyl (C=O) groups excluding carboxylic acids is 3. The SMILES string of the molecule is CC(C)(C)[C@@H](C(=O)N1C[C@H](O)C[C@H]1C(=O)NC1CC(=O)N(c2ccc(Oc3ccccc3)cc2)C1)n1cc(C2CC2)nn1. The second kappa shape index (κ2) is 11.4. The summed E-state index contributed by atoms with van der Waals surface area (Å²) in [6.07, 6.45) is 3.44. The van der Waals surface area contributed by atoms with Crippen LogP contribution in [-0.4, -0.2) is 74.0 Å². The van der Waals surface area contributed by atoms with Gasteiger partial charge in [-0.3, -0.25) is 14.4 Å². The lowest BCUT2D eigenvalue weighted by atomic mass is 9.85. The molecule has 0 spiro atoms. The second-order valence-corrected chi connectivity index (χ2v) is 12.9. The molecule has 226 valence electrons. The minimum absolute atomic E-state index is 0.0564. The van der Waals surface area contributed by atoms with E-state index in [-0.39, 0.29) is 37.1 Å². The molecule has 6 rings (SSSR count). The summed E-state index contributed by atoms with van der Waals surface area (Å²) in [6.45, 7) is 6.22. The molecular formula is C32H38N6O5. The molecule has 2 aliphatic heterocycles. The average Bonchev–Trinajstić information content (AvgIpc) is 3.39. The number of benzene rings is 2. The number of hydrogen-bond acceptors (Lipinski definition) is 7. The van der Waals surface area contributed by atoms with E-state index in [0.717, 1.165) is 24.3 Å². The Morgan fingerprint density at radius 2 is 1.72 bits per heavy atom. The number of rotatable bonds is 8. The zero-order chi connectivity index (χ0) is 30.3. The quantitative estimate of drug-likeness (QED) is 0.414. The van der Waals surface area contributed by atoms with Crippen LogP contribution >= 0.6 is 0 Å². The number of hydrogen-bond donors (Lipinski definition) is 2. The number of anilines is 1. The topological polar surface area (TPSA) is 130 Å². The molecule has 1 saturated carbocycles. The molecule has 4 atom stereocenters. The summed E-state index contributed by atoms with van der Waals surface area (Å²) < 4.78 is 7.46. The third-order valence-corrected chi connectivity index (χ3v) is 8.31. The summed E-state index contributed by atoms with van der Waals surface area (Å²) >= 11 is 0. The fourth-order valence-corrected chi connectivity index (χ4v) is 6.00. The summed E-state index contributed by atoms with van der Waals surface area (Å²) in [5, 5.41) is 22.1. The summed E-state index contributed by atoms with van der Waals surface area (Å²) in [6, 6.07) is 14.7. The molecule has 43 heavy (non-hydrogen) atoms. The number of carbonyl (C=O) groups is 3. The van der Waals surface area contributed by atoms with Gasteiger partial charge in [0.25, 0.3) is 0 Å². The summed E-state index contributed by atoms with van der Waals surface area (Å²) in [4.78, 5) is 43.6. The Morgan fingerprint density at radius 1 is 1.02 bits per heavy atom. The van der Waals surface area contributed by atoms with Gasteiger partial charge in [0, 0.05) is 43.7 Å². The number of nitrogens with one attached hydrogen (secondary N) is 1. The van der Waals surface area contributed by atoms with Gasteiger partial charge in [-0.15, -0.1) is 5.10 Å².